The van der Waals surface area contributed by atoms with Gasteiger partial charge >= 0.3 is 0 Å². The summed E-state index contributed by atoms with van der Waals surface area (Å²) in [5, 5.41) is 8.21. The predicted molar refractivity (Wildman–Crippen MR) is 75.1 cm³/mol. The minimum atomic E-state index is -0.0707. The summed E-state index contributed by atoms with van der Waals surface area (Å²) in [5.74, 6) is -0.0707. The molecule has 1 atom stereocenters. The Morgan fingerprint density at radius 1 is 1.53 bits per heavy atom. The number of hydrogen-bond acceptors (Lipinski definition) is 3. The normalized spacial score (nSPS) is 12.6. The van der Waals surface area contributed by atoms with Crippen LogP contribution in [0, 0.1) is 6.92 Å². The fourth-order valence-corrected chi connectivity index (χ4v) is 2.24. The Morgan fingerprint density at radius 2 is 2.26 bits per heavy atom. The van der Waals surface area contributed by atoms with Crippen molar-refractivity contribution in [1.82, 2.24) is 20.1 Å². The van der Waals surface area contributed by atoms with E-state index < -0.39 is 0 Å². The van der Waals surface area contributed by atoms with Gasteiger partial charge in [0.1, 0.15) is 0 Å². The van der Waals surface area contributed by atoms with E-state index in [1.54, 1.807) is 10.9 Å². The third-order valence-corrected chi connectivity index (χ3v) is 3.22. The Kier molecular flexibility index (Phi) is 3.83. The van der Waals surface area contributed by atoms with Crippen molar-refractivity contribution < 1.29 is 4.79 Å². The lowest BCUT2D eigenvalue weighted by atomic mass is 10.1. The molecule has 0 saturated heterocycles. The summed E-state index contributed by atoms with van der Waals surface area (Å²) < 4.78 is 1.73. The average molecular weight is 260 g/mol. The maximum absolute atomic E-state index is 12.1. The molecule has 0 aliphatic heterocycles. The lowest BCUT2D eigenvalue weighted by Crippen LogP contribution is -2.32. The predicted octanol–water partition coefficient (Wildman–Crippen LogP) is 2.20. The third-order valence-electron chi connectivity index (χ3n) is 3.22. The van der Waals surface area contributed by atoms with Crippen molar-refractivity contribution in [2.24, 2.45) is 7.05 Å². The zero-order valence-electron chi connectivity index (χ0n) is 11.9. The molecule has 0 aliphatic rings. The number of amides is 1. The van der Waals surface area contributed by atoms with Crippen LogP contribution in [0.3, 0.4) is 0 Å². The van der Waals surface area contributed by atoms with Crippen molar-refractivity contribution in [1.29, 1.82) is 0 Å². The quantitative estimate of drug-likeness (QED) is 0.916. The number of carbonyl (C=O) groups excluding carboxylic acids is 1. The van der Waals surface area contributed by atoms with Crippen molar-refractivity contribution >= 4 is 16.9 Å². The first-order valence-corrected chi connectivity index (χ1v) is 6.63. The number of nitrogens with zero attached hydrogens (tertiary/aromatic N) is 3. The summed E-state index contributed by atoms with van der Waals surface area (Å²) in [6, 6.07) is 2.04. The number of fused-ring (bicyclic) bond motifs is 1. The molecule has 2 rings (SSSR count). The molecule has 1 N–H and O–H groups in total. The number of aryl methyl sites for hydroxylation is 2. The van der Waals surface area contributed by atoms with Crippen molar-refractivity contribution in [3.63, 3.8) is 0 Å². The van der Waals surface area contributed by atoms with Gasteiger partial charge in [-0.1, -0.05) is 13.3 Å². The highest BCUT2D eigenvalue weighted by atomic mass is 16.1. The van der Waals surface area contributed by atoms with E-state index in [0.29, 0.717) is 5.56 Å². The van der Waals surface area contributed by atoms with Crippen molar-refractivity contribution in [2.45, 2.75) is 39.7 Å². The second kappa shape index (κ2) is 5.38. The van der Waals surface area contributed by atoms with Crippen molar-refractivity contribution in [3.8, 4) is 0 Å². The molecule has 2 aromatic heterocycles. The molecule has 102 valence electrons. The van der Waals surface area contributed by atoms with E-state index in [1.807, 2.05) is 27.0 Å². The molecule has 1 unspecified atom stereocenters. The Labute approximate surface area is 113 Å². The van der Waals surface area contributed by atoms with Gasteiger partial charge in [0.25, 0.3) is 5.91 Å². The number of pyridine rings is 1. The molecule has 5 nitrogen and oxygen atoms in total. The van der Waals surface area contributed by atoms with Gasteiger partial charge in [-0.25, -0.2) is 4.98 Å². The van der Waals surface area contributed by atoms with Crippen LogP contribution in [0.1, 0.15) is 42.7 Å². The number of nitrogens with one attached hydrogen (secondary N) is 1. The molecule has 5 heteroatoms. The minimum Gasteiger partial charge on any atom is -0.350 e. The molecule has 0 spiro atoms. The minimum absolute atomic E-state index is 0.0707. The van der Waals surface area contributed by atoms with Gasteiger partial charge in [-0.2, -0.15) is 5.10 Å². The molecule has 0 radical (unpaired) electrons. The Morgan fingerprint density at radius 3 is 2.95 bits per heavy atom. The molecule has 0 bridgehead atoms. The summed E-state index contributed by atoms with van der Waals surface area (Å²) in [6.07, 6.45) is 3.64. The second-order valence-electron chi connectivity index (χ2n) is 4.97. The van der Waals surface area contributed by atoms with E-state index in [0.717, 1.165) is 29.6 Å². The fraction of sp³-hybridized carbons (Fsp3) is 0.500. The summed E-state index contributed by atoms with van der Waals surface area (Å²) in [7, 11) is 1.85. The van der Waals surface area contributed by atoms with E-state index >= 15 is 0 Å². The molecule has 0 fully saturated rings. The standard InChI is InChI=1S/C14H20N4O/c1-5-6-9(2)16-14(19)11-7-12-10(3)17-18(4)13(12)15-8-11/h7-9H,5-6H2,1-4H3,(H,16,19). The van der Waals surface area contributed by atoms with Crippen LogP contribution in [-0.2, 0) is 7.05 Å². The number of aromatic nitrogens is 3. The van der Waals surface area contributed by atoms with Crippen LogP contribution in [0.25, 0.3) is 11.0 Å². The Balaban J connectivity index is 2.25. The van der Waals surface area contributed by atoms with Gasteiger partial charge in [0.2, 0.25) is 0 Å². The van der Waals surface area contributed by atoms with Gasteiger partial charge in [0.15, 0.2) is 5.65 Å². The van der Waals surface area contributed by atoms with Gasteiger partial charge in [-0.05, 0) is 26.3 Å². The zero-order valence-corrected chi connectivity index (χ0v) is 11.9. The first-order valence-electron chi connectivity index (χ1n) is 6.63. The van der Waals surface area contributed by atoms with Crippen LogP contribution in [0.4, 0.5) is 0 Å². The summed E-state index contributed by atoms with van der Waals surface area (Å²) in [4.78, 5) is 16.4. The SMILES string of the molecule is CCCC(C)NC(=O)c1cnc2c(c1)c(C)nn2C. The summed E-state index contributed by atoms with van der Waals surface area (Å²) in [5.41, 5.74) is 2.28. The molecule has 2 heterocycles. The number of carbonyl (C=O) groups is 1. The maximum atomic E-state index is 12.1. The topological polar surface area (TPSA) is 59.8 Å². The smallest absolute Gasteiger partial charge is 0.253 e. The lowest BCUT2D eigenvalue weighted by Gasteiger charge is -2.12. The lowest BCUT2D eigenvalue weighted by molar-refractivity contribution is 0.0938. The summed E-state index contributed by atoms with van der Waals surface area (Å²) >= 11 is 0. The average Bonchev–Trinajstić information content (AvgIpc) is 2.65. The Hall–Kier alpha value is -1.91. The van der Waals surface area contributed by atoms with Crippen LogP contribution in [0.5, 0.6) is 0 Å². The molecule has 1 amide bonds. The number of hydrogen-bond donors (Lipinski definition) is 1. The van der Waals surface area contributed by atoms with Gasteiger partial charge < -0.3 is 5.32 Å². The van der Waals surface area contributed by atoms with Crippen LogP contribution in [-0.4, -0.2) is 26.7 Å². The molecule has 0 aromatic carbocycles. The van der Waals surface area contributed by atoms with Gasteiger partial charge in [0.05, 0.1) is 11.3 Å². The Bertz CT molecular complexity index is 603. The highest BCUT2D eigenvalue weighted by Crippen LogP contribution is 2.16. The summed E-state index contributed by atoms with van der Waals surface area (Å²) in [6.45, 7) is 6.04. The molecule has 0 saturated carbocycles. The van der Waals surface area contributed by atoms with E-state index in [-0.39, 0.29) is 11.9 Å². The van der Waals surface area contributed by atoms with E-state index in [2.05, 4.69) is 22.3 Å². The van der Waals surface area contributed by atoms with Gasteiger partial charge in [-0.15, -0.1) is 0 Å². The second-order valence-corrected chi connectivity index (χ2v) is 4.97. The van der Waals surface area contributed by atoms with Crippen molar-refractivity contribution in [2.75, 3.05) is 0 Å². The van der Waals surface area contributed by atoms with Crippen molar-refractivity contribution in [3.05, 3.63) is 23.5 Å². The van der Waals surface area contributed by atoms with Crippen LogP contribution in [0.2, 0.25) is 0 Å². The molecule has 2 aromatic rings. The zero-order chi connectivity index (χ0) is 14.0. The van der Waals surface area contributed by atoms with Crippen LogP contribution < -0.4 is 5.32 Å². The largest absolute Gasteiger partial charge is 0.350 e. The molecular weight excluding hydrogens is 240 g/mol. The van der Waals surface area contributed by atoms with E-state index in [1.165, 1.54) is 0 Å². The third kappa shape index (κ3) is 2.75. The van der Waals surface area contributed by atoms with E-state index in [9.17, 15) is 4.79 Å². The highest BCUT2D eigenvalue weighted by Gasteiger charge is 2.13. The first kappa shape index (κ1) is 13.5. The fourth-order valence-electron chi connectivity index (χ4n) is 2.24. The maximum Gasteiger partial charge on any atom is 0.253 e. The van der Waals surface area contributed by atoms with Crippen LogP contribution >= 0.6 is 0 Å². The molecule has 0 aliphatic carbocycles. The van der Waals surface area contributed by atoms with Gasteiger partial charge in [0, 0.05) is 24.7 Å². The monoisotopic (exact) mass is 260 g/mol. The molecule has 19 heavy (non-hydrogen) atoms. The first-order chi connectivity index (χ1) is 9.02. The molecular formula is C14H20N4O. The van der Waals surface area contributed by atoms with Gasteiger partial charge in [-0.3, -0.25) is 9.48 Å². The highest BCUT2D eigenvalue weighted by molar-refractivity contribution is 5.97. The number of rotatable bonds is 4. The van der Waals surface area contributed by atoms with Crippen LogP contribution in [0.15, 0.2) is 12.3 Å². The van der Waals surface area contributed by atoms with E-state index in [4.69, 9.17) is 0 Å².